The van der Waals surface area contributed by atoms with Gasteiger partial charge in [0.2, 0.25) is 0 Å². The first-order chi connectivity index (χ1) is 8.26. The Kier molecular flexibility index (Phi) is 4.00. The minimum absolute atomic E-state index is 0.581. The number of pyridine rings is 1. The summed E-state index contributed by atoms with van der Waals surface area (Å²) in [6.07, 6.45) is 5.08. The smallest absolute Gasteiger partial charge is 0.133 e. The topological polar surface area (TPSA) is 42.2 Å². The van der Waals surface area contributed by atoms with E-state index in [4.69, 9.17) is 10.7 Å². The molecule has 1 fully saturated rings. The van der Waals surface area contributed by atoms with E-state index < -0.39 is 0 Å². The number of aryl methyl sites for hydroxylation is 1. The number of rotatable bonds is 6. The molecule has 0 atom stereocenters. The van der Waals surface area contributed by atoms with Gasteiger partial charge in [-0.1, -0.05) is 19.4 Å². The summed E-state index contributed by atoms with van der Waals surface area (Å²) in [7, 11) is 0. The van der Waals surface area contributed by atoms with Crippen LogP contribution in [0.2, 0.25) is 0 Å². The van der Waals surface area contributed by atoms with Crippen molar-refractivity contribution in [2.24, 2.45) is 5.73 Å². The molecule has 0 aromatic carbocycles. The quantitative estimate of drug-likeness (QED) is 0.821. The number of aromatic nitrogens is 1. The molecule has 94 valence electrons. The van der Waals surface area contributed by atoms with E-state index in [1.807, 2.05) is 0 Å². The Morgan fingerprint density at radius 3 is 2.76 bits per heavy atom. The van der Waals surface area contributed by atoms with Crippen LogP contribution in [0, 0.1) is 6.92 Å². The molecule has 0 amide bonds. The molecule has 1 aliphatic carbocycles. The number of nitrogens with two attached hydrogens (primary N) is 1. The molecule has 2 N–H and O–H groups in total. The van der Waals surface area contributed by atoms with E-state index in [1.165, 1.54) is 31.2 Å². The summed E-state index contributed by atoms with van der Waals surface area (Å²) in [5.74, 6) is 1.13. The third-order valence-electron chi connectivity index (χ3n) is 3.33. The van der Waals surface area contributed by atoms with E-state index in [9.17, 15) is 0 Å². The molecule has 3 nitrogen and oxygen atoms in total. The SMILES string of the molecule is CCCCN(c1nc(C)ccc1CN)C1CC1. The highest BCUT2D eigenvalue weighted by Gasteiger charge is 2.30. The Labute approximate surface area is 104 Å². The van der Waals surface area contributed by atoms with Crippen molar-refractivity contribution in [3.63, 3.8) is 0 Å². The summed E-state index contributed by atoms with van der Waals surface area (Å²) in [6.45, 7) is 5.98. The fourth-order valence-electron chi connectivity index (χ4n) is 2.16. The normalized spacial score (nSPS) is 15.0. The molecular weight excluding hydrogens is 210 g/mol. The molecule has 1 heterocycles. The largest absolute Gasteiger partial charge is 0.353 e. The van der Waals surface area contributed by atoms with Gasteiger partial charge in [-0.15, -0.1) is 0 Å². The van der Waals surface area contributed by atoms with Gasteiger partial charge in [-0.3, -0.25) is 0 Å². The second-order valence-electron chi connectivity index (χ2n) is 4.92. The van der Waals surface area contributed by atoms with Gasteiger partial charge in [0.05, 0.1) is 0 Å². The summed E-state index contributed by atoms with van der Waals surface area (Å²) >= 11 is 0. The first-order valence-corrected chi connectivity index (χ1v) is 6.69. The number of unbranched alkanes of at least 4 members (excludes halogenated alkanes) is 1. The van der Waals surface area contributed by atoms with Crippen molar-refractivity contribution >= 4 is 5.82 Å². The zero-order valence-corrected chi connectivity index (χ0v) is 10.9. The third-order valence-corrected chi connectivity index (χ3v) is 3.33. The first kappa shape index (κ1) is 12.4. The second-order valence-corrected chi connectivity index (χ2v) is 4.92. The Morgan fingerprint density at radius 2 is 2.18 bits per heavy atom. The molecule has 1 aromatic rings. The van der Waals surface area contributed by atoms with Crippen LogP contribution in [0.1, 0.15) is 43.9 Å². The van der Waals surface area contributed by atoms with Crippen LogP contribution >= 0.6 is 0 Å². The summed E-state index contributed by atoms with van der Waals surface area (Å²) in [4.78, 5) is 7.18. The van der Waals surface area contributed by atoms with E-state index in [0.29, 0.717) is 12.6 Å². The fourth-order valence-corrected chi connectivity index (χ4v) is 2.16. The average molecular weight is 233 g/mol. The fraction of sp³-hybridized carbons (Fsp3) is 0.643. The van der Waals surface area contributed by atoms with Crippen molar-refractivity contribution in [3.8, 4) is 0 Å². The molecular formula is C14H23N3. The van der Waals surface area contributed by atoms with Gasteiger partial charge in [0.25, 0.3) is 0 Å². The minimum atomic E-state index is 0.581. The van der Waals surface area contributed by atoms with E-state index >= 15 is 0 Å². The summed E-state index contributed by atoms with van der Waals surface area (Å²) in [5, 5.41) is 0. The minimum Gasteiger partial charge on any atom is -0.353 e. The van der Waals surface area contributed by atoms with Gasteiger partial charge in [-0.2, -0.15) is 0 Å². The summed E-state index contributed by atoms with van der Waals surface area (Å²) in [5.41, 5.74) is 8.08. The van der Waals surface area contributed by atoms with Crippen molar-refractivity contribution in [3.05, 3.63) is 23.4 Å². The molecule has 1 aromatic heterocycles. The Bertz CT molecular complexity index is 372. The molecule has 17 heavy (non-hydrogen) atoms. The Hall–Kier alpha value is -1.09. The van der Waals surface area contributed by atoms with Crippen LogP contribution in [0.4, 0.5) is 5.82 Å². The van der Waals surface area contributed by atoms with E-state index in [-0.39, 0.29) is 0 Å². The highest BCUT2D eigenvalue weighted by atomic mass is 15.2. The lowest BCUT2D eigenvalue weighted by Crippen LogP contribution is -2.29. The van der Waals surface area contributed by atoms with Crippen molar-refractivity contribution in [2.45, 2.75) is 52.1 Å². The summed E-state index contributed by atoms with van der Waals surface area (Å²) < 4.78 is 0. The predicted molar refractivity (Wildman–Crippen MR) is 72.1 cm³/mol. The van der Waals surface area contributed by atoms with Crippen molar-refractivity contribution in [2.75, 3.05) is 11.4 Å². The molecule has 0 spiro atoms. The maximum Gasteiger partial charge on any atom is 0.133 e. The van der Waals surface area contributed by atoms with Crippen molar-refractivity contribution in [1.29, 1.82) is 0 Å². The molecule has 0 aliphatic heterocycles. The van der Waals surface area contributed by atoms with Crippen molar-refractivity contribution in [1.82, 2.24) is 4.98 Å². The van der Waals surface area contributed by atoms with Gasteiger partial charge in [0.15, 0.2) is 0 Å². The van der Waals surface area contributed by atoms with E-state index in [0.717, 1.165) is 18.1 Å². The van der Waals surface area contributed by atoms with Crippen LogP contribution < -0.4 is 10.6 Å². The van der Waals surface area contributed by atoms with Gasteiger partial charge in [-0.25, -0.2) is 4.98 Å². The highest BCUT2D eigenvalue weighted by molar-refractivity contribution is 5.49. The molecule has 1 aliphatic rings. The van der Waals surface area contributed by atoms with Crippen LogP contribution in [-0.2, 0) is 6.54 Å². The number of anilines is 1. The van der Waals surface area contributed by atoms with Gasteiger partial charge >= 0.3 is 0 Å². The molecule has 0 unspecified atom stereocenters. The van der Waals surface area contributed by atoms with Crippen LogP contribution in [0.25, 0.3) is 0 Å². The molecule has 0 bridgehead atoms. The lowest BCUT2D eigenvalue weighted by atomic mass is 10.2. The van der Waals surface area contributed by atoms with E-state index in [1.54, 1.807) is 0 Å². The van der Waals surface area contributed by atoms with Crippen molar-refractivity contribution < 1.29 is 0 Å². The van der Waals surface area contributed by atoms with Crippen LogP contribution in [0.3, 0.4) is 0 Å². The first-order valence-electron chi connectivity index (χ1n) is 6.69. The number of hydrogen-bond donors (Lipinski definition) is 1. The Morgan fingerprint density at radius 1 is 1.41 bits per heavy atom. The number of hydrogen-bond acceptors (Lipinski definition) is 3. The second kappa shape index (κ2) is 5.50. The zero-order valence-electron chi connectivity index (χ0n) is 10.9. The highest BCUT2D eigenvalue weighted by Crippen LogP contribution is 2.32. The predicted octanol–water partition coefficient (Wildman–Crippen LogP) is 2.62. The van der Waals surface area contributed by atoms with Crippen LogP contribution in [0.15, 0.2) is 12.1 Å². The van der Waals surface area contributed by atoms with Crippen LogP contribution in [-0.4, -0.2) is 17.6 Å². The Balaban J connectivity index is 2.23. The lowest BCUT2D eigenvalue weighted by molar-refractivity contribution is 0.699. The molecule has 3 heteroatoms. The van der Waals surface area contributed by atoms with Crippen LogP contribution in [0.5, 0.6) is 0 Å². The molecule has 0 radical (unpaired) electrons. The monoisotopic (exact) mass is 233 g/mol. The standard InChI is InChI=1S/C14H23N3/c1-3-4-9-17(13-7-8-13)14-12(10-15)6-5-11(2)16-14/h5-6,13H,3-4,7-10,15H2,1-2H3. The molecule has 1 saturated carbocycles. The maximum atomic E-state index is 5.82. The van der Waals surface area contributed by atoms with Gasteiger partial charge in [0, 0.05) is 30.4 Å². The molecule has 2 rings (SSSR count). The molecule has 0 saturated heterocycles. The van der Waals surface area contributed by atoms with E-state index in [2.05, 4.69) is 30.9 Å². The third kappa shape index (κ3) is 2.97. The van der Waals surface area contributed by atoms with Gasteiger partial charge < -0.3 is 10.6 Å². The lowest BCUT2D eigenvalue weighted by Gasteiger charge is -2.26. The summed E-state index contributed by atoms with van der Waals surface area (Å²) in [6, 6.07) is 4.89. The van der Waals surface area contributed by atoms with Gasteiger partial charge in [-0.05, 0) is 32.3 Å². The number of nitrogens with zero attached hydrogens (tertiary/aromatic N) is 2. The van der Waals surface area contributed by atoms with Gasteiger partial charge in [0.1, 0.15) is 5.82 Å². The zero-order chi connectivity index (χ0) is 12.3. The maximum absolute atomic E-state index is 5.82. The average Bonchev–Trinajstić information content (AvgIpc) is 3.14.